The number of allylic oxidation sites excluding steroid dienone is 1. The lowest BCUT2D eigenvalue weighted by Gasteiger charge is -2.24. The van der Waals surface area contributed by atoms with Crippen LogP contribution in [0.15, 0.2) is 11.6 Å². The fraction of sp³-hybridized carbons (Fsp3) is 0.828. The monoisotopic (exact) mass is 556 g/mol. The number of hydrogen-bond donors (Lipinski definition) is 4. The molecule has 0 radical (unpaired) electrons. The van der Waals surface area contributed by atoms with Gasteiger partial charge >= 0.3 is 18.0 Å². The number of amides is 2. The maximum atomic E-state index is 12.5. The van der Waals surface area contributed by atoms with E-state index in [4.69, 9.17) is 0 Å². The lowest BCUT2D eigenvalue weighted by Crippen LogP contribution is -2.52. The van der Waals surface area contributed by atoms with Crippen molar-refractivity contribution < 1.29 is 29.7 Å². The smallest absolute Gasteiger partial charge is 0.327 e. The third kappa shape index (κ3) is 14.4. The molecule has 0 aromatic carbocycles. The highest BCUT2D eigenvalue weighted by Gasteiger charge is 2.40. The Morgan fingerprint density at radius 2 is 1.55 bits per heavy atom. The molecular formula is C29H52N2O6S. The van der Waals surface area contributed by atoms with Crippen LogP contribution in [0.25, 0.3) is 0 Å². The predicted octanol–water partition coefficient (Wildman–Crippen LogP) is 5.79. The van der Waals surface area contributed by atoms with Crippen molar-refractivity contribution in [2.45, 2.75) is 117 Å². The molecule has 0 aliphatic carbocycles. The Morgan fingerprint density at radius 3 is 2.11 bits per heavy atom. The Kier molecular flexibility index (Phi) is 16.7. The zero-order valence-electron chi connectivity index (χ0n) is 24.2. The van der Waals surface area contributed by atoms with Crippen LogP contribution in [0, 0.1) is 17.8 Å². The average molecular weight is 557 g/mol. The summed E-state index contributed by atoms with van der Waals surface area (Å²) in [7, 11) is 0. The van der Waals surface area contributed by atoms with Crippen LogP contribution in [-0.2, 0) is 9.59 Å². The Balaban J connectivity index is 2.26. The summed E-state index contributed by atoms with van der Waals surface area (Å²) in [4.78, 5) is 36.4. The second-order valence-electron chi connectivity index (χ2n) is 11.7. The number of thioether (sulfide) groups is 1. The van der Waals surface area contributed by atoms with Crippen LogP contribution in [-0.4, -0.2) is 74.4 Å². The van der Waals surface area contributed by atoms with Gasteiger partial charge in [-0.25, -0.2) is 14.4 Å². The number of carboxylic acid groups (broad SMARTS) is 2. The van der Waals surface area contributed by atoms with E-state index in [9.17, 15) is 29.7 Å². The molecule has 9 heteroatoms. The van der Waals surface area contributed by atoms with Gasteiger partial charge in [-0.05, 0) is 37.5 Å². The predicted molar refractivity (Wildman–Crippen MR) is 155 cm³/mol. The number of β-amino-alcohol motifs (C(OH)–C–C–N with tert-alkyl or cyclic N) is 1. The summed E-state index contributed by atoms with van der Waals surface area (Å²) in [5.74, 6) is 0.804. The first-order chi connectivity index (χ1) is 17.9. The summed E-state index contributed by atoms with van der Waals surface area (Å²) in [6, 6.07) is -3.06. The Bertz CT molecular complexity index is 759. The maximum Gasteiger partial charge on any atom is 0.327 e. The minimum Gasteiger partial charge on any atom is -0.480 e. The van der Waals surface area contributed by atoms with Gasteiger partial charge in [0.05, 0.1) is 6.10 Å². The van der Waals surface area contributed by atoms with E-state index in [0.717, 1.165) is 35.5 Å². The average Bonchev–Trinajstić information content (AvgIpc) is 3.22. The highest BCUT2D eigenvalue weighted by atomic mass is 32.2. The number of rotatable bonds is 19. The zero-order valence-corrected chi connectivity index (χ0v) is 25.0. The lowest BCUT2D eigenvalue weighted by molar-refractivity contribution is -0.141. The summed E-state index contributed by atoms with van der Waals surface area (Å²) >= 11 is 1.41. The van der Waals surface area contributed by atoms with Gasteiger partial charge in [0.1, 0.15) is 12.1 Å². The number of likely N-dealkylation sites (tertiary alicyclic amines) is 1. The first kappa shape index (κ1) is 34.3. The molecule has 8 nitrogen and oxygen atoms in total. The SMILES string of the molecule is C/C(=C\CSC[C@H](NC(=O)N1C[C@H](O)CC1C(=O)O)C(=O)O)CCCC(C)CCCC(C)CCCC(C)C. The molecule has 4 N–H and O–H groups in total. The van der Waals surface area contributed by atoms with Gasteiger partial charge < -0.3 is 25.5 Å². The van der Waals surface area contributed by atoms with Crippen molar-refractivity contribution in [3.63, 3.8) is 0 Å². The second-order valence-corrected chi connectivity index (χ2v) is 12.8. The molecule has 1 aliphatic heterocycles. The van der Waals surface area contributed by atoms with Crippen molar-refractivity contribution in [2.75, 3.05) is 18.1 Å². The normalized spacial score (nSPS) is 20.4. The molecule has 1 fully saturated rings. The molecular weight excluding hydrogens is 504 g/mol. The van der Waals surface area contributed by atoms with Crippen molar-refractivity contribution in [3.8, 4) is 0 Å². The number of carbonyl (C=O) groups excluding carboxylic acids is 1. The van der Waals surface area contributed by atoms with Gasteiger partial charge in [-0.1, -0.05) is 84.3 Å². The lowest BCUT2D eigenvalue weighted by atomic mass is 9.91. The largest absolute Gasteiger partial charge is 0.480 e. The molecule has 220 valence electrons. The highest BCUT2D eigenvalue weighted by molar-refractivity contribution is 7.99. The van der Waals surface area contributed by atoms with Crippen LogP contribution in [0.4, 0.5) is 4.79 Å². The van der Waals surface area contributed by atoms with Crippen LogP contribution in [0.3, 0.4) is 0 Å². The fourth-order valence-electron chi connectivity index (χ4n) is 4.88. The van der Waals surface area contributed by atoms with Gasteiger partial charge in [0.2, 0.25) is 0 Å². The molecule has 1 rings (SSSR count). The van der Waals surface area contributed by atoms with Crippen LogP contribution < -0.4 is 5.32 Å². The van der Waals surface area contributed by atoms with E-state index in [-0.39, 0.29) is 18.7 Å². The molecule has 0 spiro atoms. The molecule has 1 aliphatic rings. The fourth-order valence-corrected chi connectivity index (χ4v) is 5.88. The molecule has 38 heavy (non-hydrogen) atoms. The molecule has 1 heterocycles. The Labute approximate surface area is 234 Å². The van der Waals surface area contributed by atoms with Crippen LogP contribution >= 0.6 is 11.8 Å². The zero-order chi connectivity index (χ0) is 28.7. The molecule has 3 unspecified atom stereocenters. The van der Waals surface area contributed by atoms with E-state index < -0.39 is 36.2 Å². The number of hydrogen-bond acceptors (Lipinski definition) is 5. The Hall–Kier alpha value is -1.74. The van der Waals surface area contributed by atoms with Crippen LogP contribution in [0.1, 0.15) is 98.8 Å². The van der Waals surface area contributed by atoms with Crippen molar-refractivity contribution in [3.05, 3.63) is 11.6 Å². The van der Waals surface area contributed by atoms with E-state index in [1.54, 1.807) is 0 Å². The Morgan fingerprint density at radius 1 is 0.974 bits per heavy atom. The van der Waals surface area contributed by atoms with Gasteiger partial charge in [0, 0.05) is 24.5 Å². The van der Waals surface area contributed by atoms with E-state index in [1.807, 2.05) is 0 Å². The summed E-state index contributed by atoms with van der Waals surface area (Å²) in [5.41, 5.74) is 1.29. The third-order valence-corrected chi connectivity index (χ3v) is 8.37. The topological polar surface area (TPSA) is 127 Å². The number of nitrogens with one attached hydrogen (secondary N) is 1. The number of carboxylic acids is 2. The minimum atomic E-state index is -1.21. The summed E-state index contributed by atoms with van der Waals surface area (Å²) in [6.45, 7) is 11.3. The van der Waals surface area contributed by atoms with E-state index in [2.05, 4.69) is 46.0 Å². The molecule has 5 atom stereocenters. The molecule has 0 aromatic heterocycles. The standard InChI is InChI=1S/C29H52N2O6S/c1-20(2)9-6-10-21(3)11-7-12-22(4)13-8-14-23(5)15-16-38-19-25(27(33)34)30-29(37)31-18-24(32)17-26(31)28(35)36/h15,20-22,24-26,32H,6-14,16-19H2,1-5H3,(H,30,37)(H,33,34)(H,35,36)/b23-15+/t21?,22?,24-,25+,26?/m1/s1. The molecule has 0 bridgehead atoms. The van der Waals surface area contributed by atoms with Gasteiger partial charge in [-0.2, -0.15) is 11.8 Å². The van der Waals surface area contributed by atoms with Crippen LogP contribution in [0.5, 0.6) is 0 Å². The number of urea groups is 1. The minimum absolute atomic E-state index is 0.0597. The van der Waals surface area contributed by atoms with Crippen molar-refractivity contribution in [1.29, 1.82) is 0 Å². The van der Waals surface area contributed by atoms with E-state index in [0.29, 0.717) is 5.75 Å². The quantitative estimate of drug-likeness (QED) is 0.117. The number of aliphatic carboxylic acids is 2. The summed E-state index contributed by atoms with van der Waals surface area (Å²) in [5, 5.41) is 30.9. The summed E-state index contributed by atoms with van der Waals surface area (Å²) in [6.07, 6.45) is 12.5. The van der Waals surface area contributed by atoms with Crippen molar-refractivity contribution in [1.82, 2.24) is 10.2 Å². The van der Waals surface area contributed by atoms with E-state index >= 15 is 0 Å². The van der Waals surface area contributed by atoms with Gasteiger partial charge in [0.15, 0.2) is 0 Å². The summed E-state index contributed by atoms with van der Waals surface area (Å²) < 4.78 is 0. The second kappa shape index (κ2) is 18.5. The number of nitrogens with zero attached hydrogens (tertiary/aromatic N) is 1. The highest BCUT2D eigenvalue weighted by Crippen LogP contribution is 2.22. The van der Waals surface area contributed by atoms with Gasteiger partial charge in [0.25, 0.3) is 0 Å². The van der Waals surface area contributed by atoms with E-state index in [1.165, 1.54) is 62.3 Å². The first-order valence-electron chi connectivity index (χ1n) is 14.3. The number of aliphatic hydroxyl groups is 1. The third-order valence-electron chi connectivity index (χ3n) is 7.40. The number of carbonyl (C=O) groups is 3. The van der Waals surface area contributed by atoms with Crippen molar-refractivity contribution in [2.24, 2.45) is 17.8 Å². The van der Waals surface area contributed by atoms with Crippen molar-refractivity contribution >= 4 is 29.7 Å². The molecule has 0 aromatic rings. The maximum absolute atomic E-state index is 12.5. The molecule has 1 saturated heterocycles. The molecule has 0 saturated carbocycles. The molecule has 2 amide bonds. The van der Waals surface area contributed by atoms with Gasteiger partial charge in [-0.3, -0.25) is 0 Å². The van der Waals surface area contributed by atoms with Crippen LogP contribution in [0.2, 0.25) is 0 Å². The first-order valence-corrected chi connectivity index (χ1v) is 15.5. The number of aliphatic hydroxyl groups excluding tert-OH is 1. The van der Waals surface area contributed by atoms with Gasteiger partial charge in [-0.15, -0.1) is 0 Å².